The number of likely N-dealkylation sites (tertiary alicyclic amines) is 2. The van der Waals surface area contributed by atoms with Crippen LogP contribution < -0.4 is 5.32 Å². The van der Waals surface area contributed by atoms with Gasteiger partial charge in [-0.05, 0) is 63.4 Å². The van der Waals surface area contributed by atoms with Crippen molar-refractivity contribution in [3.8, 4) is 0 Å². The number of amides is 2. The van der Waals surface area contributed by atoms with Crippen molar-refractivity contribution >= 4 is 17.1 Å². The Morgan fingerprint density at radius 3 is 3.00 bits per heavy atom. The molecular weight excluding hydrogens is 326 g/mol. The van der Waals surface area contributed by atoms with E-state index in [0.29, 0.717) is 0 Å². The lowest BCUT2D eigenvalue weighted by atomic mass is 10.1. The van der Waals surface area contributed by atoms with E-state index in [0.717, 1.165) is 68.7 Å². The molecule has 2 N–H and O–H groups in total. The minimum atomic E-state index is 0.0496. The number of imidazole rings is 1. The molecule has 2 fully saturated rings. The molecule has 2 saturated heterocycles. The SMILES string of the molecule is CCN1CCCC(NC(=O)N2CCCC2c2nc3ccc(C)cc3[nH]2)C1. The van der Waals surface area contributed by atoms with E-state index >= 15 is 0 Å². The molecule has 3 heterocycles. The maximum Gasteiger partial charge on any atom is 0.318 e. The van der Waals surface area contributed by atoms with Crippen LogP contribution in [0.3, 0.4) is 0 Å². The van der Waals surface area contributed by atoms with Gasteiger partial charge in [0, 0.05) is 19.1 Å². The highest BCUT2D eigenvalue weighted by Gasteiger charge is 2.33. The minimum absolute atomic E-state index is 0.0496. The number of aryl methyl sites for hydroxylation is 1. The molecule has 4 rings (SSSR count). The molecule has 0 aliphatic carbocycles. The van der Waals surface area contributed by atoms with Crippen LogP contribution in [-0.4, -0.2) is 58.0 Å². The number of aromatic nitrogens is 2. The summed E-state index contributed by atoms with van der Waals surface area (Å²) in [5.41, 5.74) is 3.24. The molecule has 0 radical (unpaired) electrons. The summed E-state index contributed by atoms with van der Waals surface area (Å²) in [6, 6.07) is 6.61. The van der Waals surface area contributed by atoms with Crippen molar-refractivity contribution in [1.82, 2.24) is 25.1 Å². The first kappa shape index (κ1) is 17.3. The fourth-order valence-corrected chi connectivity index (χ4v) is 4.31. The highest BCUT2D eigenvalue weighted by atomic mass is 16.2. The number of carbonyl (C=O) groups excluding carboxylic acids is 1. The third kappa shape index (κ3) is 3.43. The molecule has 6 heteroatoms. The monoisotopic (exact) mass is 355 g/mol. The average Bonchev–Trinajstić information content (AvgIpc) is 3.28. The Bertz CT molecular complexity index is 786. The molecule has 1 aromatic heterocycles. The highest BCUT2D eigenvalue weighted by Crippen LogP contribution is 2.31. The van der Waals surface area contributed by atoms with Gasteiger partial charge in [0.2, 0.25) is 0 Å². The van der Waals surface area contributed by atoms with Crippen molar-refractivity contribution < 1.29 is 4.79 Å². The van der Waals surface area contributed by atoms with Gasteiger partial charge in [-0.1, -0.05) is 13.0 Å². The van der Waals surface area contributed by atoms with E-state index in [4.69, 9.17) is 4.98 Å². The number of H-pyrrole nitrogens is 1. The molecule has 0 spiro atoms. The number of likely N-dealkylation sites (N-methyl/N-ethyl adjacent to an activating group) is 1. The number of hydrogen-bond donors (Lipinski definition) is 2. The van der Waals surface area contributed by atoms with Crippen LogP contribution in [0.4, 0.5) is 4.79 Å². The summed E-state index contributed by atoms with van der Waals surface area (Å²) >= 11 is 0. The summed E-state index contributed by atoms with van der Waals surface area (Å²) in [6.45, 7) is 8.23. The first-order chi connectivity index (χ1) is 12.6. The lowest BCUT2D eigenvalue weighted by molar-refractivity contribution is 0.166. The van der Waals surface area contributed by atoms with Crippen LogP contribution in [-0.2, 0) is 0 Å². The summed E-state index contributed by atoms with van der Waals surface area (Å²) < 4.78 is 0. The smallest absolute Gasteiger partial charge is 0.318 e. The van der Waals surface area contributed by atoms with Gasteiger partial charge in [-0.3, -0.25) is 0 Å². The Labute approximate surface area is 155 Å². The third-order valence-electron chi connectivity index (χ3n) is 5.77. The van der Waals surface area contributed by atoms with E-state index in [9.17, 15) is 4.79 Å². The normalized spacial score (nSPS) is 24.3. The summed E-state index contributed by atoms with van der Waals surface area (Å²) in [4.78, 5) is 25.5. The van der Waals surface area contributed by atoms with E-state index in [2.05, 4.69) is 41.2 Å². The van der Waals surface area contributed by atoms with E-state index in [1.54, 1.807) is 0 Å². The molecule has 2 atom stereocenters. The van der Waals surface area contributed by atoms with Gasteiger partial charge >= 0.3 is 6.03 Å². The zero-order valence-electron chi connectivity index (χ0n) is 15.8. The Morgan fingerprint density at radius 1 is 1.31 bits per heavy atom. The molecular formula is C20H29N5O. The van der Waals surface area contributed by atoms with Gasteiger partial charge in [0.15, 0.2) is 0 Å². The van der Waals surface area contributed by atoms with Crippen molar-refractivity contribution in [2.75, 3.05) is 26.2 Å². The molecule has 2 amide bonds. The number of aromatic amines is 1. The standard InChI is InChI=1S/C20H29N5O/c1-3-24-10-4-6-15(13-24)21-20(26)25-11-5-7-18(25)19-22-16-9-8-14(2)12-17(16)23-19/h8-9,12,15,18H,3-7,10-11,13H2,1-2H3,(H,21,26)(H,22,23). The number of nitrogens with one attached hydrogen (secondary N) is 2. The van der Waals surface area contributed by atoms with Crippen LogP contribution in [0.2, 0.25) is 0 Å². The highest BCUT2D eigenvalue weighted by molar-refractivity contribution is 5.77. The van der Waals surface area contributed by atoms with Crippen LogP contribution >= 0.6 is 0 Å². The number of hydrogen-bond acceptors (Lipinski definition) is 3. The van der Waals surface area contributed by atoms with Crippen molar-refractivity contribution in [2.24, 2.45) is 0 Å². The quantitative estimate of drug-likeness (QED) is 0.889. The minimum Gasteiger partial charge on any atom is -0.340 e. The molecule has 1 aromatic carbocycles. The number of rotatable bonds is 3. The van der Waals surface area contributed by atoms with Crippen LogP contribution in [0.25, 0.3) is 11.0 Å². The molecule has 6 nitrogen and oxygen atoms in total. The Morgan fingerprint density at radius 2 is 2.15 bits per heavy atom. The van der Waals surface area contributed by atoms with Crippen molar-refractivity contribution in [3.63, 3.8) is 0 Å². The van der Waals surface area contributed by atoms with E-state index in [1.165, 1.54) is 5.56 Å². The fraction of sp³-hybridized carbons (Fsp3) is 0.600. The van der Waals surface area contributed by atoms with E-state index in [1.807, 2.05) is 11.0 Å². The zero-order chi connectivity index (χ0) is 18.1. The lowest BCUT2D eigenvalue weighted by Crippen LogP contribution is -2.51. The number of benzene rings is 1. The Kier molecular flexibility index (Phi) is 4.85. The van der Waals surface area contributed by atoms with Crippen LogP contribution in [0.15, 0.2) is 18.2 Å². The van der Waals surface area contributed by atoms with Crippen molar-refractivity contribution in [3.05, 3.63) is 29.6 Å². The second kappa shape index (κ2) is 7.27. The molecule has 2 aliphatic rings. The molecule has 0 bridgehead atoms. The Balaban J connectivity index is 1.47. The topological polar surface area (TPSA) is 64.3 Å². The zero-order valence-corrected chi connectivity index (χ0v) is 15.8. The number of piperidine rings is 1. The van der Waals surface area contributed by atoms with E-state index < -0.39 is 0 Å². The lowest BCUT2D eigenvalue weighted by Gasteiger charge is -2.34. The van der Waals surface area contributed by atoms with Gasteiger partial charge < -0.3 is 20.1 Å². The third-order valence-corrected chi connectivity index (χ3v) is 5.77. The number of urea groups is 1. The largest absolute Gasteiger partial charge is 0.340 e. The first-order valence-electron chi connectivity index (χ1n) is 9.90. The maximum absolute atomic E-state index is 12.9. The summed E-state index contributed by atoms with van der Waals surface area (Å²) in [7, 11) is 0. The second-order valence-corrected chi connectivity index (χ2v) is 7.68. The molecule has 140 valence electrons. The van der Waals surface area contributed by atoms with Gasteiger partial charge in [0.25, 0.3) is 0 Å². The van der Waals surface area contributed by atoms with Gasteiger partial charge in [0.05, 0.1) is 17.1 Å². The predicted octanol–water partition coefficient (Wildman–Crippen LogP) is 3.20. The van der Waals surface area contributed by atoms with Gasteiger partial charge in [0.1, 0.15) is 5.82 Å². The number of fused-ring (bicyclic) bond motifs is 1. The van der Waals surface area contributed by atoms with Crippen LogP contribution in [0, 0.1) is 6.92 Å². The summed E-state index contributed by atoms with van der Waals surface area (Å²) in [5, 5.41) is 3.27. The molecule has 26 heavy (non-hydrogen) atoms. The van der Waals surface area contributed by atoms with Gasteiger partial charge in [-0.2, -0.15) is 0 Å². The predicted molar refractivity (Wildman–Crippen MR) is 103 cm³/mol. The number of nitrogens with zero attached hydrogens (tertiary/aromatic N) is 3. The molecule has 2 unspecified atom stereocenters. The van der Waals surface area contributed by atoms with E-state index in [-0.39, 0.29) is 18.1 Å². The average molecular weight is 355 g/mol. The maximum atomic E-state index is 12.9. The molecule has 0 saturated carbocycles. The van der Waals surface area contributed by atoms with Gasteiger partial charge in [-0.15, -0.1) is 0 Å². The van der Waals surface area contributed by atoms with Crippen molar-refractivity contribution in [2.45, 2.75) is 51.6 Å². The van der Waals surface area contributed by atoms with Crippen LogP contribution in [0.5, 0.6) is 0 Å². The summed E-state index contributed by atoms with van der Waals surface area (Å²) in [6.07, 6.45) is 4.23. The number of carbonyl (C=O) groups is 1. The van der Waals surface area contributed by atoms with Crippen LogP contribution in [0.1, 0.15) is 50.0 Å². The summed E-state index contributed by atoms with van der Waals surface area (Å²) in [5.74, 6) is 0.914. The van der Waals surface area contributed by atoms with Crippen molar-refractivity contribution in [1.29, 1.82) is 0 Å². The first-order valence-corrected chi connectivity index (χ1v) is 9.90. The second-order valence-electron chi connectivity index (χ2n) is 7.68. The fourth-order valence-electron chi connectivity index (χ4n) is 4.31. The molecule has 2 aromatic rings. The molecule has 2 aliphatic heterocycles. The Hall–Kier alpha value is -2.08. The van der Waals surface area contributed by atoms with Gasteiger partial charge in [-0.25, -0.2) is 9.78 Å².